The Kier molecular flexibility index (Phi) is 2.24. The molecule has 0 fully saturated rings. The Morgan fingerprint density at radius 2 is 1.93 bits per heavy atom. The van der Waals surface area contributed by atoms with Crippen LogP contribution in [0.2, 0.25) is 0 Å². The predicted molar refractivity (Wildman–Crippen MR) is 59.2 cm³/mol. The molecule has 1 nitrogen and oxygen atoms in total. The van der Waals surface area contributed by atoms with Crippen molar-refractivity contribution in [2.24, 2.45) is 7.05 Å². The lowest BCUT2D eigenvalue weighted by Gasteiger charge is -2.05. The first-order valence-corrected chi connectivity index (χ1v) is 5.07. The van der Waals surface area contributed by atoms with Crippen LogP contribution < -0.4 is 4.57 Å². The molecular weight excluding hydrogens is 170 g/mol. The van der Waals surface area contributed by atoms with Crippen LogP contribution in [0.3, 0.4) is 0 Å². The van der Waals surface area contributed by atoms with E-state index < -0.39 is 0 Å². The first-order valence-electron chi connectivity index (χ1n) is 5.07. The third-order valence-electron chi connectivity index (χ3n) is 2.68. The number of hydrogen-bond donors (Lipinski definition) is 0. The molecule has 0 saturated carbocycles. The van der Waals surface area contributed by atoms with Crippen molar-refractivity contribution in [2.75, 3.05) is 0 Å². The fraction of sp³-hybridized carbons (Fsp3) is 0.308. The lowest BCUT2D eigenvalue weighted by atomic mass is 10.0. The van der Waals surface area contributed by atoms with Gasteiger partial charge in [0.25, 0.3) is 0 Å². The molecule has 0 aliphatic carbocycles. The molecule has 14 heavy (non-hydrogen) atoms. The maximum absolute atomic E-state index is 2.28. The second-order valence-electron chi connectivity index (χ2n) is 4.09. The van der Waals surface area contributed by atoms with Gasteiger partial charge in [0.15, 0.2) is 6.20 Å². The highest BCUT2D eigenvalue weighted by molar-refractivity contribution is 5.76. The minimum absolute atomic E-state index is 0.602. The maximum Gasteiger partial charge on any atom is 0.212 e. The molecule has 0 spiro atoms. The molecule has 0 unspecified atom stereocenters. The van der Waals surface area contributed by atoms with E-state index in [1.165, 1.54) is 16.5 Å². The van der Waals surface area contributed by atoms with Gasteiger partial charge >= 0.3 is 0 Å². The fourth-order valence-electron chi connectivity index (χ4n) is 1.74. The van der Waals surface area contributed by atoms with E-state index in [2.05, 4.69) is 62.0 Å². The second-order valence-corrected chi connectivity index (χ2v) is 4.09. The summed E-state index contributed by atoms with van der Waals surface area (Å²) in [6, 6.07) is 10.9. The Labute approximate surface area is 85.0 Å². The largest absolute Gasteiger partial charge is 0.212 e. The van der Waals surface area contributed by atoms with Gasteiger partial charge in [-0.05, 0) is 23.6 Å². The monoisotopic (exact) mass is 186 g/mol. The average Bonchev–Trinajstić information content (AvgIpc) is 2.17. The Bertz CT molecular complexity index is 458. The van der Waals surface area contributed by atoms with E-state index in [4.69, 9.17) is 0 Å². The third-order valence-corrected chi connectivity index (χ3v) is 2.68. The van der Waals surface area contributed by atoms with Gasteiger partial charge in [0, 0.05) is 17.5 Å². The van der Waals surface area contributed by atoms with Gasteiger partial charge in [-0.1, -0.05) is 19.9 Å². The number of rotatable bonds is 1. The van der Waals surface area contributed by atoms with Gasteiger partial charge < -0.3 is 0 Å². The maximum atomic E-state index is 2.28. The number of hydrogen-bond acceptors (Lipinski definition) is 0. The van der Waals surface area contributed by atoms with Gasteiger partial charge in [0.2, 0.25) is 5.52 Å². The Morgan fingerprint density at radius 1 is 1.14 bits per heavy atom. The van der Waals surface area contributed by atoms with Crippen LogP contribution in [0.5, 0.6) is 0 Å². The quantitative estimate of drug-likeness (QED) is 0.603. The molecule has 0 saturated heterocycles. The third kappa shape index (κ3) is 1.50. The first kappa shape index (κ1) is 9.20. The minimum Gasteiger partial charge on any atom is -0.201 e. The minimum atomic E-state index is 0.602. The smallest absolute Gasteiger partial charge is 0.201 e. The molecule has 1 aromatic heterocycles. The highest BCUT2D eigenvalue weighted by atomic mass is 14.9. The number of benzene rings is 1. The topological polar surface area (TPSA) is 3.88 Å². The lowest BCUT2D eigenvalue weighted by molar-refractivity contribution is -0.644. The van der Waals surface area contributed by atoms with Crippen LogP contribution in [-0.2, 0) is 7.05 Å². The number of nitrogens with zero attached hydrogens (tertiary/aromatic N) is 1. The van der Waals surface area contributed by atoms with Crippen LogP contribution in [0, 0.1) is 0 Å². The summed E-state index contributed by atoms with van der Waals surface area (Å²) in [5.41, 5.74) is 2.70. The average molecular weight is 186 g/mol. The first-order chi connectivity index (χ1) is 6.68. The van der Waals surface area contributed by atoms with E-state index in [1.54, 1.807) is 0 Å². The molecule has 0 atom stereocenters. The van der Waals surface area contributed by atoms with Gasteiger partial charge in [0.1, 0.15) is 7.05 Å². The zero-order chi connectivity index (χ0) is 10.1. The molecule has 0 amide bonds. The summed E-state index contributed by atoms with van der Waals surface area (Å²) in [6.45, 7) is 4.45. The van der Waals surface area contributed by atoms with E-state index in [1.807, 2.05) is 0 Å². The molecule has 0 radical (unpaired) electrons. The summed E-state index contributed by atoms with van der Waals surface area (Å²) in [4.78, 5) is 0. The highest BCUT2D eigenvalue weighted by Crippen LogP contribution is 2.18. The summed E-state index contributed by atoms with van der Waals surface area (Å²) < 4.78 is 2.15. The van der Waals surface area contributed by atoms with E-state index in [-0.39, 0.29) is 0 Å². The number of pyridine rings is 1. The van der Waals surface area contributed by atoms with Crippen molar-refractivity contribution in [1.82, 2.24) is 0 Å². The fourth-order valence-corrected chi connectivity index (χ4v) is 1.74. The molecule has 0 bridgehead atoms. The number of aromatic nitrogens is 1. The van der Waals surface area contributed by atoms with Crippen LogP contribution in [0.4, 0.5) is 0 Å². The van der Waals surface area contributed by atoms with Crippen molar-refractivity contribution in [2.45, 2.75) is 19.8 Å². The van der Waals surface area contributed by atoms with E-state index in [0.717, 1.165) is 0 Å². The Hall–Kier alpha value is -1.37. The second kappa shape index (κ2) is 3.41. The SMILES string of the molecule is CC(C)c1ccc2c(ccc[n+]2C)c1. The summed E-state index contributed by atoms with van der Waals surface area (Å²) in [5.74, 6) is 0.602. The van der Waals surface area contributed by atoms with E-state index in [0.29, 0.717) is 5.92 Å². The zero-order valence-electron chi connectivity index (χ0n) is 8.99. The molecule has 72 valence electrons. The molecule has 2 aromatic rings. The van der Waals surface area contributed by atoms with Gasteiger partial charge in [-0.2, -0.15) is 0 Å². The molecule has 0 N–H and O–H groups in total. The van der Waals surface area contributed by atoms with Crippen molar-refractivity contribution in [3.05, 3.63) is 42.1 Å². The highest BCUT2D eigenvalue weighted by Gasteiger charge is 2.05. The predicted octanol–water partition coefficient (Wildman–Crippen LogP) is 2.79. The van der Waals surface area contributed by atoms with Gasteiger partial charge in [-0.25, -0.2) is 4.57 Å². The molecule has 1 heteroatoms. The van der Waals surface area contributed by atoms with Crippen LogP contribution in [0.25, 0.3) is 10.9 Å². The molecule has 2 rings (SSSR count). The summed E-state index contributed by atoms with van der Waals surface area (Å²) in [5, 5.41) is 1.32. The summed E-state index contributed by atoms with van der Waals surface area (Å²) in [7, 11) is 2.08. The molecule has 0 aliphatic heterocycles. The van der Waals surface area contributed by atoms with Crippen molar-refractivity contribution in [3.8, 4) is 0 Å². The van der Waals surface area contributed by atoms with Gasteiger partial charge in [0.05, 0.1) is 0 Å². The Morgan fingerprint density at radius 3 is 2.64 bits per heavy atom. The van der Waals surface area contributed by atoms with Crippen LogP contribution in [0.15, 0.2) is 36.5 Å². The van der Waals surface area contributed by atoms with E-state index in [9.17, 15) is 0 Å². The standard InChI is InChI=1S/C13H16N/c1-10(2)11-6-7-13-12(9-11)5-4-8-14(13)3/h4-10H,1-3H3/q+1. The summed E-state index contributed by atoms with van der Waals surface area (Å²) in [6.07, 6.45) is 2.08. The van der Waals surface area contributed by atoms with Gasteiger partial charge in [-0.3, -0.25) is 0 Å². The van der Waals surface area contributed by atoms with Crippen molar-refractivity contribution < 1.29 is 4.57 Å². The van der Waals surface area contributed by atoms with Crippen molar-refractivity contribution >= 4 is 10.9 Å². The van der Waals surface area contributed by atoms with Crippen molar-refractivity contribution in [1.29, 1.82) is 0 Å². The lowest BCUT2D eigenvalue weighted by Crippen LogP contribution is -2.27. The van der Waals surface area contributed by atoms with Crippen LogP contribution >= 0.6 is 0 Å². The van der Waals surface area contributed by atoms with E-state index >= 15 is 0 Å². The number of fused-ring (bicyclic) bond motifs is 1. The normalized spacial score (nSPS) is 11.1. The molecular formula is C13H16N+. The molecule has 1 aromatic carbocycles. The van der Waals surface area contributed by atoms with Gasteiger partial charge in [-0.15, -0.1) is 0 Å². The number of aryl methyl sites for hydroxylation is 1. The molecule has 1 heterocycles. The zero-order valence-corrected chi connectivity index (χ0v) is 8.99. The Balaban J connectivity index is 2.67. The molecule has 0 aliphatic rings. The van der Waals surface area contributed by atoms with Crippen LogP contribution in [-0.4, -0.2) is 0 Å². The van der Waals surface area contributed by atoms with Crippen LogP contribution in [0.1, 0.15) is 25.3 Å². The van der Waals surface area contributed by atoms with Crippen molar-refractivity contribution in [3.63, 3.8) is 0 Å². The summed E-state index contributed by atoms with van der Waals surface area (Å²) >= 11 is 0.